The molecule has 0 unspecified atom stereocenters. The van der Waals surface area contributed by atoms with E-state index in [9.17, 15) is 14.7 Å². The third kappa shape index (κ3) is 5.88. The summed E-state index contributed by atoms with van der Waals surface area (Å²) in [7, 11) is 0. The molecule has 0 heterocycles. The molecule has 6 heteroatoms. The first-order valence-corrected chi connectivity index (χ1v) is 6.67. The van der Waals surface area contributed by atoms with Crippen LogP contribution < -0.4 is 5.32 Å². The van der Waals surface area contributed by atoms with E-state index < -0.39 is 17.5 Å². The van der Waals surface area contributed by atoms with Crippen LogP contribution in [-0.2, 0) is 14.3 Å². The standard InChI is InChI=1S/C14H16BrNO4/c1-14(2,3)20-13(19)7-6-12(18)16-10-5-4-9(15)8-11(10)17/h4-8,17H,1-3H3,(H,16,18). The third-order valence-corrected chi connectivity index (χ3v) is 2.49. The number of esters is 1. The van der Waals surface area contributed by atoms with Gasteiger partial charge in [0.05, 0.1) is 5.69 Å². The number of phenols is 1. The molecule has 0 bridgehead atoms. The second-order valence-corrected chi connectivity index (χ2v) is 5.93. The molecule has 0 aliphatic heterocycles. The highest BCUT2D eigenvalue weighted by molar-refractivity contribution is 9.10. The number of amides is 1. The van der Waals surface area contributed by atoms with Crippen molar-refractivity contribution in [2.45, 2.75) is 26.4 Å². The summed E-state index contributed by atoms with van der Waals surface area (Å²) < 4.78 is 5.71. The summed E-state index contributed by atoms with van der Waals surface area (Å²) in [6.45, 7) is 5.20. The van der Waals surface area contributed by atoms with E-state index in [1.54, 1.807) is 32.9 Å². The minimum Gasteiger partial charge on any atom is -0.506 e. The van der Waals surface area contributed by atoms with Gasteiger partial charge in [-0.2, -0.15) is 0 Å². The molecule has 1 amide bonds. The van der Waals surface area contributed by atoms with Gasteiger partial charge in [0.2, 0.25) is 5.91 Å². The van der Waals surface area contributed by atoms with Gasteiger partial charge in [-0.25, -0.2) is 4.79 Å². The van der Waals surface area contributed by atoms with Crippen LogP contribution in [0.4, 0.5) is 5.69 Å². The molecule has 0 fully saturated rings. The summed E-state index contributed by atoms with van der Waals surface area (Å²) in [6.07, 6.45) is 2.09. The predicted octanol–water partition coefficient (Wildman–Crippen LogP) is 2.99. The normalized spacial score (nSPS) is 11.4. The second kappa shape index (κ2) is 6.56. The largest absolute Gasteiger partial charge is 0.506 e. The van der Waals surface area contributed by atoms with E-state index in [-0.39, 0.29) is 11.4 Å². The fraction of sp³-hybridized carbons (Fsp3) is 0.286. The molecule has 0 saturated carbocycles. The molecule has 20 heavy (non-hydrogen) atoms. The molecule has 2 N–H and O–H groups in total. The van der Waals surface area contributed by atoms with Gasteiger partial charge >= 0.3 is 5.97 Å². The number of nitrogens with one attached hydrogen (secondary N) is 1. The number of ether oxygens (including phenoxy) is 1. The summed E-state index contributed by atoms with van der Waals surface area (Å²) in [5.41, 5.74) is -0.353. The van der Waals surface area contributed by atoms with Crippen molar-refractivity contribution in [2.75, 3.05) is 5.32 Å². The molecule has 5 nitrogen and oxygen atoms in total. The molecule has 108 valence electrons. The van der Waals surface area contributed by atoms with Crippen molar-refractivity contribution in [1.82, 2.24) is 0 Å². The molecule has 0 aromatic heterocycles. The zero-order valence-corrected chi connectivity index (χ0v) is 13.0. The Kier molecular flexibility index (Phi) is 5.33. The molecule has 1 aromatic rings. The number of phenolic OH excluding ortho intramolecular Hbond substituents is 1. The molecule has 1 rings (SSSR count). The van der Waals surface area contributed by atoms with Gasteiger partial charge in [-0.05, 0) is 39.0 Å². The Labute approximate surface area is 125 Å². The number of hydrogen-bond acceptors (Lipinski definition) is 4. The SMILES string of the molecule is CC(C)(C)OC(=O)C=CC(=O)Nc1ccc(Br)cc1O. The van der Waals surface area contributed by atoms with Gasteiger partial charge in [0, 0.05) is 16.6 Å². The van der Waals surface area contributed by atoms with Crippen LogP contribution in [0.5, 0.6) is 5.75 Å². The van der Waals surface area contributed by atoms with Crippen LogP contribution in [0.25, 0.3) is 0 Å². The van der Waals surface area contributed by atoms with Gasteiger partial charge < -0.3 is 15.2 Å². The Bertz CT molecular complexity index is 547. The van der Waals surface area contributed by atoms with Gasteiger partial charge in [0.25, 0.3) is 0 Å². The topological polar surface area (TPSA) is 75.6 Å². The minimum atomic E-state index is -0.609. The lowest BCUT2D eigenvalue weighted by atomic mass is 10.2. The van der Waals surface area contributed by atoms with E-state index >= 15 is 0 Å². The van der Waals surface area contributed by atoms with Gasteiger partial charge in [-0.15, -0.1) is 0 Å². The number of anilines is 1. The molecular formula is C14H16BrNO4. The fourth-order valence-corrected chi connectivity index (χ4v) is 1.61. The predicted molar refractivity (Wildman–Crippen MR) is 79.4 cm³/mol. The van der Waals surface area contributed by atoms with Crippen molar-refractivity contribution in [1.29, 1.82) is 0 Å². The average molecular weight is 342 g/mol. The molecule has 0 atom stereocenters. The number of carbonyl (C=O) groups excluding carboxylic acids is 2. The summed E-state index contributed by atoms with van der Waals surface area (Å²) in [5.74, 6) is -1.21. The van der Waals surface area contributed by atoms with Crippen LogP contribution in [0.3, 0.4) is 0 Å². The van der Waals surface area contributed by atoms with Crippen LogP contribution in [0, 0.1) is 0 Å². The lowest BCUT2D eigenvalue weighted by Gasteiger charge is -2.17. The maximum Gasteiger partial charge on any atom is 0.331 e. The lowest BCUT2D eigenvalue weighted by Crippen LogP contribution is -2.22. The first-order valence-electron chi connectivity index (χ1n) is 5.88. The Balaban J connectivity index is 2.62. The summed E-state index contributed by atoms with van der Waals surface area (Å²) >= 11 is 3.19. The van der Waals surface area contributed by atoms with Crippen LogP contribution >= 0.6 is 15.9 Å². The van der Waals surface area contributed by atoms with E-state index in [0.29, 0.717) is 4.47 Å². The summed E-state index contributed by atoms with van der Waals surface area (Å²) in [4.78, 5) is 23.0. The van der Waals surface area contributed by atoms with Crippen LogP contribution in [0.15, 0.2) is 34.8 Å². The van der Waals surface area contributed by atoms with Crippen molar-refractivity contribution >= 4 is 33.5 Å². The minimum absolute atomic E-state index is 0.0709. The monoisotopic (exact) mass is 341 g/mol. The molecule has 0 saturated heterocycles. The molecular weight excluding hydrogens is 326 g/mol. The van der Waals surface area contributed by atoms with E-state index in [1.807, 2.05) is 0 Å². The van der Waals surface area contributed by atoms with Crippen molar-refractivity contribution < 1.29 is 19.4 Å². The first kappa shape index (κ1) is 16.2. The Morgan fingerprint density at radius 2 is 1.95 bits per heavy atom. The fourth-order valence-electron chi connectivity index (χ4n) is 1.26. The summed E-state index contributed by atoms with van der Waals surface area (Å²) in [5, 5.41) is 12.1. The van der Waals surface area contributed by atoms with Crippen molar-refractivity contribution in [3.63, 3.8) is 0 Å². The maximum absolute atomic E-state index is 11.6. The first-order chi connectivity index (χ1) is 9.17. The average Bonchev–Trinajstić information content (AvgIpc) is 2.28. The Hall–Kier alpha value is -1.82. The van der Waals surface area contributed by atoms with Crippen molar-refractivity contribution in [3.8, 4) is 5.75 Å². The van der Waals surface area contributed by atoms with E-state index in [1.165, 1.54) is 6.07 Å². The van der Waals surface area contributed by atoms with Crippen molar-refractivity contribution in [2.24, 2.45) is 0 Å². The molecule has 0 aliphatic rings. The van der Waals surface area contributed by atoms with Crippen LogP contribution in [-0.4, -0.2) is 22.6 Å². The highest BCUT2D eigenvalue weighted by Gasteiger charge is 2.14. The van der Waals surface area contributed by atoms with E-state index in [2.05, 4.69) is 21.2 Å². The number of hydrogen-bond donors (Lipinski definition) is 2. The zero-order valence-electron chi connectivity index (χ0n) is 11.4. The quantitative estimate of drug-likeness (QED) is 0.503. The maximum atomic E-state index is 11.6. The van der Waals surface area contributed by atoms with E-state index in [4.69, 9.17) is 4.74 Å². The smallest absolute Gasteiger partial charge is 0.331 e. The number of benzene rings is 1. The Morgan fingerprint density at radius 1 is 1.30 bits per heavy atom. The van der Waals surface area contributed by atoms with Gasteiger partial charge in [-0.3, -0.25) is 4.79 Å². The van der Waals surface area contributed by atoms with Gasteiger partial charge in [0.15, 0.2) is 0 Å². The molecule has 0 spiro atoms. The highest BCUT2D eigenvalue weighted by Crippen LogP contribution is 2.26. The number of rotatable bonds is 3. The molecule has 0 radical (unpaired) electrons. The number of carbonyl (C=O) groups is 2. The Morgan fingerprint density at radius 3 is 2.50 bits per heavy atom. The van der Waals surface area contributed by atoms with Crippen LogP contribution in [0.2, 0.25) is 0 Å². The van der Waals surface area contributed by atoms with Gasteiger partial charge in [-0.1, -0.05) is 15.9 Å². The summed E-state index contributed by atoms with van der Waals surface area (Å²) in [6, 6.07) is 4.67. The van der Waals surface area contributed by atoms with Gasteiger partial charge in [0.1, 0.15) is 11.4 Å². The number of aromatic hydroxyl groups is 1. The number of halogens is 1. The second-order valence-electron chi connectivity index (χ2n) is 5.02. The molecule has 1 aromatic carbocycles. The molecule has 0 aliphatic carbocycles. The highest BCUT2D eigenvalue weighted by atomic mass is 79.9. The zero-order chi connectivity index (χ0) is 15.3. The van der Waals surface area contributed by atoms with Crippen molar-refractivity contribution in [3.05, 3.63) is 34.8 Å². The van der Waals surface area contributed by atoms with E-state index in [0.717, 1.165) is 12.2 Å². The third-order valence-electron chi connectivity index (χ3n) is 2.00. The van der Waals surface area contributed by atoms with Crippen LogP contribution in [0.1, 0.15) is 20.8 Å². The lowest BCUT2D eigenvalue weighted by molar-refractivity contribution is -0.148.